The predicted molar refractivity (Wildman–Crippen MR) is 74.7 cm³/mol. The summed E-state index contributed by atoms with van der Waals surface area (Å²) >= 11 is 8.20. The highest BCUT2D eigenvalue weighted by Gasteiger charge is 2.25. The maximum atomic E-state index is 12.3. The number of thiophene rings is 1. The van der Waals surface area contributed by atoms with Crippen LogP contribution in [-0.2, 0) is 16.6 Å². The fourth-order valence-electron chi connectivity index (χ4n) is 1.43. The molecule has 0 amide bonds. The van der Waals surface area contributed by atoms with Gasteiger partial charge in [0.05, 0.1) is 6.20 Å². The second kappa shape index (κ2) is 5.66. The summed E-state index contributed by atoms with van der Waals surface area (Å²) < 4.78 is 26.5. The third kappa shape index (κ3) is 2.92. The van der Waals surface area contributed by atoms with Crippen molar-refractivity contribution >= 4 is 44.3 Å². The Morgan fingerprint density at radius 3 is 2.78 bits per heavy atom. The average Bonchev–Trinajstić information content (AvgIpc) is 2.96. The van der Waals surface area contributed by atoms with E-state index in [0.717, 1.165) is 16.2 Å². The molecule has 98 valence electrons. The summed E-state index contributed by atoms with van der Waals surface area (Å²) in [5.74, 6) is 0. The van der Waals surface area contributed by atoms with E-state index >= 15 is 0 Å². The summed E-state index contributed by atoms with van der Waals surface area (Å²) in [5, 5.41) is 1.93. The number of halogens is 1. The van der Waals surface area contributed by atoms with E-state index in [1.165, 1.54) is 21.8 Å². The zero-order chi connectivity index (χ0) is 13.2. The molecule has 0 radical (unpaired) electrons. The number of rotatable bonds is 5. The molecule has 2 rings (SSSR count). The van der Waals surface area contributed by atoms with Crippen molar-refractivity contribution in [3.8, 4) is 0 Å². The van der Waals surface area contributed by atoms with Crippen LogP contribution in [-0.4, -0.2) is 24.3 Å². The average molecular weight is 323 g/mol. The topological polar surface area (TPSA) is 50.3 Å². The molecule has 0 spiro atoms. The number of sulfonamides is 1. The number of hydrogen-bond donors (Lipinski definition) is 0. The van der Waals surface area contributed by atoms with Crippen molar-refractivity contribution in [2.24, 2.45) is 0 Å². The summed E-state index contributed by atoms with van der Waals surface area (Å²) in [4.78, 5) is 4.79. The maximum absolute atomic E-state index is 12.3. The van der Waals surface area contributed by atoms with Gasteiger partial charge in [0.2, 0.25) is 0 Å². The highest BCUT2D eigenvalue weighted by atomic mass is 35.5. The molecule has 0 N–H and O–H groups in total. The minimum atomic E-state index is -3.49. The quantitative estimate of drug-likeness (QED) is 0.850. The third-order valence-electron chi connectivity index (χ3n) is 2.32. The first-order valence-electron chi connectivity index (χ1n) is 5.18. The standard InChI is InChI=1S/C10H11ClN2O2S3/c1-2-13(7-8-4-3-5-16-8)18(14,15)9-6-12-10(11)17-9/h3-6H,2,7H2,1H3. The first kappa shape index (κ1) is 14.0. The van der Waals surface area contributed by atoms with E-state index in [-0.39, 0.29) is 8.68 Å². The maximum Gasteiger partial charge on any atom is 0.254 e. The van der Waals surface area contributed by atoms with Crippen molar-refractivity contribution in [2.75, 3.05) is 6.54 Å². The van der Waals surface area contributed by atoms with Gasteiger partial charge in [-0.15, -0.1) is 11.3 Å². The lowest BCUT2D eigenvalue weighted by Crippen LogP contribution is -2.29. The Balaban J connectivity index is 2.26. The first-order valence-corrected chi connectivity index (χ1v) is 8.69. The van der Waals surface area contributed by atoms with Gasteiger partial charge >= 0.3 is 0 Å². The van der Waals surface area contributed by atoms with Gasteiger partial charge in [0, 0.05) is 18.0 Å². The Labute approximate surface area is 119 Å². The molecule has 18 heavy (non-hydrogen) atoms. The van der Waals surface area contributed by atoms with Crippen molar-refractivity contribution in [2.45, 2.75) is 17.7 Å². The van der Waals surface area contributed by atoms with Crippen molar-refractivity contribution < 1.29 is 8.42 Å². The van der Waals surface area contributed by atoms with E-state index < -0.39 is 10.0 Å². The van der Waals surface area contributed by atoms with E-state index in [0.29, 0.717) is 13.1 Å². The molecular formula is C10H11ClN2O2S3. The molecule has 0 aliphatic carbocycles. The molecule has 0 fully saturated rings. The van der Waals surface area contributed by atoms with Gasteiger partial charge < -0.3 is 0 Å². The van der Waals surface area contributed by atoms with Crippen LogP contribution in [0, 0.1) is 0 Å². The molecule has 4 nitrogen and oxygen atoms in total. The zero-order valence-corrected chi connectivity index (χ0v) is 12.7. The van der Waals surface area contributed by atoms with Gasteiger partial charge in [0.15, 0.2) is 8.68 Å². The van der Waals surface area contributed by atoms with Crippen LogP contribution in [0.15, 0.2) is 27.9 Å². The largest absolute Gasteiger partial charge is 0.254 e. The van der Waals surface area contributed by atoms with Gasteiger partial charge in [-0.25, -0.2) is 13.4 Å². The molecule has 0 atom stereocenters. The highest BCUT2D eigenvalue weighted by molar-refractivity contribution is 7.91. The van der Waals surface area contributed by atoms with E-state index in [1.807, 2.05) is 24.4 Å². The van der Waals surface area contributed by atoms with Gasteiger partial charge in [0.25, 0.3) is 10.0 Å². The van der Waals surface area contributed by atoms with Gasteiger partial charge in [-0.05, 0) is 11.4 Å². The van der Waals surface area contributed by atoms with E-state index in [9.17, 15) is 8.42 Å². The Morgan fingerprint density at radius 2 is 2.28 bits per heavy atom. The second-order valence-electron chi connectivity index (χ2n) is 3.44. The van der Waals surface area contributed by atoms with Crippen LogP contribution >= 0.6 is 34.3 Å². The van der Waals surface area contributed by atoms with Gasteiger partial charge in [0.1, 0.15) is 0 Å². The normalized spacial score (nSPS) is 12.2. The predicted octanol–water partition coefficient (Wildman–Crippen LogP) is 3.07. The van der Waals surface area contributed by atoms with Crippen molar-refractivity contribution in [1.82, 2.24) is 9.29 Å². The number of hydrogen-bond acceptors (Lipinski definition) is 5. The molecule has 8 heteroatoms. The summed E-state index contributed by atoms with van der Waals surface area (Å²) in [6.07, 6.45) is 1.30. The van der Waals surface area contributed by atoms with Crippen LogP contribution in [0.25, 0.3) is 0 Å². The van der Waals surface area contributed by atoms with Gasteiger partial charge in [-0.3, -0.25) is 0 Å². The van der Waals surface area contributed by atoms with Gasteiger partial charge in [-0.1, -0.05) is 35.9 Å². The molecule has 0 aliphatic rings. The van der Waals surface area contributed by atoms with Crippen LogP contribution in [0.1, 0.15) is 11.8 Å². The van der Waals surface area contributed by atoms with Crippen LogP contribution in [0.3, 0.4) is 0 Å². The fourth-order valence-corrected chi connectivity index (χ4v) is 5.11. The third-order valence-corrected chi connectivity index (χ3v) is 6.65. The van der Waals surface area contributed by atoms with Crippen molar-refractivity contribution in [3.63, 3.8) is 0 Å². The molecule has 2 aromatic heterocycles. The molecule has 0 aliphatic heterocycles. The molecule has 2 aromatic rings. The lowest BCUT2D eigenvalue weighted by atomic mass is 10.4. The summed E-state index contributed by atoms with van der Waals surface area (Å²) in [7, 11) is -3.49. The minimum Gasteiger partial charge on any atom is -0.232 e. The van der Waals surface area contributed by atoms with Crippen molar-refractivity contribution in [3.05, 3.63) is 33.1 Å². The lowest BCUT2D eigenvalue weighted by molar-refractivity contribution is 0.427. The van der Waals surface area contributed by atoms with E-state index in [4.69, 9.17) is 11.6 Å². The summed E-state index contributed by atoms with van der Waals surface area (Å²) in [6.45, 7) is 2.61. The van der Waals surface area contributed by atoms with Crippen molar-refractivity contribution in [1.29, 1.82) is 0 Å². The minimum absolute atomic E-state index is 0.186. The molecule has 0 saturated heterocycles. The molecular weight excluding hydrogens is 312 g/mol. The van der Waals surface area contributed by atoms with E-state index in [2.05, 4.69) is 4.98 Å². The van der Waals surface area contributed by atoms with Gasteiger partial charge in [-0.2, -0.15) is 4.31 Å². The Kier molecular flexibility index (Phi) is 4.39. The molecule has 0 saturated carbocycles. The van der Waals surface area contributed by atoms with Crippen LogP contribution in [0.4, 0.5) is 0 Å². The number of thiazole rings is 1. The van der Waals surface area contributed by atoms with Crippen LogP contribution < -0.4 is 0 Å². The van der Waals surface area contributed by atoms with E-state index in [1.54, 1.807) is 0 Å². The Morgan fingerprint density at radius 1 is 1.50 bits per heavy atom. The Bertz CT molecular complexity index is 607. The van der Waals surface area contributed by atoms with Crippen LogP contribution in [0.5, 0.6) is 0 Å². The summed E-state index contributed by atoms with van der Waals surface area (Å²) in [6, 6.07) is 3.83. The zero-order valence-electron chi connectivity index (χ0n) is 9.54. The fraction of sp³-hybridized carbons (Fsp3) is 0.300. The SMILES string of the molecule is CCN(Cc1cccs1)S(=O)(=O)c1cnc(Cl)s1. The molecule has 0 unspecified atom stereocenters. The lowest BCUT2D eigenvalue weighted by Gasteiger charge is -2.18. The first-order chi connectivity index (χ1) is 8.54. The summed E-state index contributed by atoms with van der Waals surface area (Å²) in [5.41, 5.74) is 0. The monoisotopic (exact) mass is 322 g/mol. The highest BCUT2D eigenvalue weighted by Crippen LogP contribution is 2.27. The molecule has 0 bridgehead atoms. The Hall–Kier alpha value is -0.470. The smallest absolute Gasteiger partial charge is 0.232 e. The molecule has 2 heterocycles. The van der Waals surface area contributed by atoms with Crippen LogP contribution in [0.2, 0.25) is 4.47 Å². The molecule has 0 aromatic carbocycles. The second-order valence-corrected chi connectivity index (χ2v) is 8.25. The number of aromatic nitrogens is 1. The number of nitrogens with zero attached hydrogens (tertiary/aromatic N) is 2.